The van der Waals surface area contributed by atoms with Crippen LogP contribution in [0, 0.1) is 13.8 Å². The minimum Gasteiger partial charge on any atom is -0.332 e. The fraction of sp³-hybridized carbons (Fsp3) is 0.300. The molecule has 0 bridgehead atoms. The topological polar surface area (TPSA) is 96.0 Å². The maximum Gasteiger partial charge on any atom is 0.264 e. The molecule has 0 aliphatic rings. The lowest BCUT2D eigenvalue weighted by atomic mass is 10.1. The van der Waals surface area contributed by atoms with Crippen LogP contribution < -0.4 is 5.32 Å². The number of nitrogens with one attached hydrogen (secondary N) is 1. The van der Waals surface area contributed by atoms with E-state index in [2.05, 4.69) is 5.32 Å². The molecule has 0 saturated heterocycles. The highest BCUT2D eigenvalue weighted by molar-refractivity contribution is 7.89. The van der Waals surface area contributed by atoms with Gasteiger partial charge in [-0.05, 0) is 55.3 Å². The van der Waals surface area contributed by atoms with Crippen molar-refractivity contribution in [3.05, 3.63) is 59.2 Å². The molecule has 0 spiro atoms. The summed E-state index contributed by atoms with van der Waals surface area (Å²) in [6.07, 6.45) is 0. The van der Waals surface area contributed by atoms with Crippen molar-refractivity contribution in [2.45, 2.75) is 18.7 Å². The van der Waals surface area contributed by atoms with Crippen LogP contribution in [-0.2, 0) is 19.7 Å². The summed E-state index contributed by atoms with van der Waals surface area (Å²) in [4.78, 5) is 30.9. The van der Waals surface area contributed by atoms with Crippen LogP contribution in [0.5, 0.6) is 0 Å². The van der Waals surface area contributed by atoms with Crippen LogP contribution in [0.15, 0.2) is 47.4 Å². The molecule has 29 heavy (non-hydrogen) atoms. The van der Waals surface area contributed by atoms with E-state index in [1.807, 2.05) is 26.0 Å². The lowest BCUT2D eigenvalue weighted by Crippen LogP contribution is -2.35. The van der Waals surface area contributed by atoms with Crippen LogP contribution in [0.3, 0.4) is 0 Å². The highest BCUT2D eigenvalue weighted by Crippen LogP contribution is 2.18. The zero-order valence-corrected chi connectivity index (χ0v) is 17.9. The fourth-order valence-electron chi connectivity index (χ4n) is 2.60. The first-order valence-electron chi connectivity index (χ1n) is 8.82. The van der Waals surface area contributed by atoms with E-state index in [0.29, 0.717) is 5.69 Å². The maximum absolute atomic E-state index is 12.6. The van der Waals surface area contributed by atoms with Gasteiger partial charge in [0, 0.05) is 25.3 Å². The van der Waals surface area contributed by atoms with Gasteiger partial charge < -0.3 is 10.2 Å². The number of amides is 2. The molecule has 2 rings (SSSR count). The summed E-state index contributed by atoms with van der Waals surface area (Å²) < 4.78 is 25.1. The van der Waals surface area contributed by atoms with E-state index in [4.69, 9.17) is 4.84 Å². The van der Waals surface area contributed by atoms with Gasteiger partial charge in [-0.25, -0.2) is 8.42 Å². The van der Waals surface area contributed by atoms with Crippen molar-refractivity contribution in [2.75, 3.05) is 33.1 Å². The van der Waals surface area contributed by atoms with E-state index in [-0.39, 0.29) is 22.9 Å². The smallest absolute Gasteiger partial charge is 0.264 e. The molecule has 0 unspecified atom stereocenters. The normalized spacial score (nSPS) is 11.4. The molecule has 0 saturated carbocycles. The Morgan fingerprint density at radius 1 is 1.03 bits per heavy atom. The lowest BCUT2D eigenvalue weighted by molar-refractivity contribution is -0.116. The molecular formula is C20H25N3O5S. The first-order valence-corrected chi connectivity index (χ1v) is 10.3. The van der Waals surface area contributed by atoms with E-state index in [0.717, 1.165) is 15.6 Å². The van der Waals surface area contributed by atoms with Crippen molar-refractivity contribution in [3.63, 3.8) is 0 Å². The standard InChI is InChI=1S/C20H25N3O5S/c1-14-7-6-8-18(15(14)2)21-19(24)13-22(3)20(25)16-9-11-17(12-10-16)29(26,27)23(4)28-5/h6-12H,13H2,1-5H3,(H,21,24). The van der Waals surface area contributed by atoms with Crippen molar-refractivity contribution >= 4 is 27.5 Å². The molecule has 2 amide bonds. The number of rotatable bonds is 7. The van der Waals surface area contributed by atoms with Crippen LogP contribution in [0.2, 0.25) is 0 Å². The van der Waals surface area contributed by atoms with E-state index >= 15 is 0 Å². The second kappa shape index (κ2) is 9.17. The number of aryl methyl sites for hydroxylation is 1. The monoisotopic (exact) mass is 419 g/mol. The number of carbonyl (C=O) groups is 2. The van der Waals surface area contributed by atoms with Gasteiger partial charge in [0.2, 0.25) is 5.91 Å². The molecule has 9 heteroatoms. The first-order chi connectivity index (χ1) is 13.6. The maximum atomic E-state index is 12.6. The summed E-state index contributed by atoms with van der Waals surface area (Å²) in [5.41, 5.74) is 2.99. The van der Waals surface area contributed by atoms with Crippen molar-refractivity contribution in [3.8, 4) is 0 Å². The average molecular weight is 420 g/mol. The van der Waals surface area contributed by atoms with Crippen LogP contribution in [0.25, 0.3) is 0 Å². The molecule has 0 atom stereocenters. The molecule has 0 aliphatic carbocycles. The average Bonchev–Trinajstić information content (AvgIpc) is 2.70. The molecule has 0 radical (unpaired) electrons. The summed E-state index contributed by atoms with van der Waals surface area (Å²) in [7, 11) is 0.236. The Morgan fingerprint density at radius 2 is 1.66 bits per heavy atom. The van der Waals surface area contributed by atoms with Crippen LogP contribution >= 0.6 is 0 Å². The van der Waals surface area contributed by atoms with Gasteiger partial charge in [0.1, 0.15) is 0 Å². The predicted octanol–water partition coefficient (Wildman–Crippen LogP) is 2.20. The van der Waals surface area contributed by atoms with Crippen LogP contribution in [0.1, 0.15) is 21.5 Å². The Labute approximate surface area is 171 Å². The highest BCUT2D eigenvalue weighted by atomic mass is 32.2. The third kappa shape index (κ3) is 5.20. The molecule has 0 aliphatic heterocycles. The third-order valence-corrected chi connectivity index (χ3v) is 6.29. The van der Waals surface area contributed by atoms with Crippen molar-refractivity contribution < 1.29 is 22.8 Å². The van der Waals surface area contributed by atoms with Gasteiger partial charge in [0.25, 0.3) is 15.9 Å². The number of sulfonamides is 1. The Morgan fingerprint density at radius 3 is 2.24 bits per heavy atom. The Bertz CT molecular complexity index is 1000. The fourth-order valence-corrected chi connectivity index (χ4v) is 3.57. The molecule has 156 valence electrons. The number of hydroxylamine groups is 1. The second-order valence-corrected chi connectivity index (χ2v) is 8.51. The van der Waals surface area contributed by atoms with Gasteiger partial charge in [-0.15, -0.1) is 0 Å². The predicted molar refractivity (Wildman–Crippen MR) is 110 cm³/mol. The van der Waals surface area contributed by atoms with Crippen LogP contribution in [-0.4, -0.2) is 57.4 Å². The van der Waals surface area contributed by atoms with E-state index in [1.165, 1.54) is 50.4 Å². The molecule has 1 N–H and O–H groups in total. The summed E-state index contributed by atoms with van der Waals surface area (Å²) in [5, 5.41) is 2.80. The summed E-state index contributed by atoms with van der Waals surface area (Å²) in [5.74, 6) is -0.722. The van der Waals surface area contributed by atoms with E-state index in [1.54, 1.807) is 6.07 Å². The summed E-state index contributed by atoms with van der Waals surface area (Å²) in [6.45, 7) is 3.73. The number of benzene rings is 2. The number of carbonyl (C=O) groups excluding carboxylic acids is 2. The quantitative estimate of drug-likeness (QED) is 0.694. The third-order valence-electron chi connectivity index (χ3n) is 4.60. The first kappa shape index (κ1) is 22.5. The van der Waals surface area contributed by atoms with Gasteiger partial charge in [-0.2, -0.15) is 0 Å². The molecule has 0 fully saturated rings. The van der Waals surface area contributed by atoms with Crippen molar-refractivity contribution in [1.29, 1.82) is 0 Å². The molecule has 0 heterocycles. The number of anilines is 1. The second-order valence-electron chi connectivity index (χ2n) is 6.58. The van der Waals surface area contributed by atoms with Crippen LogP contribution in [0.4, 0.5) is 5.69 Å². The number of nitrogens with zero attached hydrogens (tertiary/aromatic N) is 2. The molecular weight excluding hydrogens is 394 g/mol. The lowest BCUT2D eigenvalue weighted by Gasteiger charge is -2.18. The van der Waals surface area contributed by atoms with Crippen molar-refractivity contribution in [2.24, 2.45) is 0 Å². The molecule has 0 aromatic heterocycles. The Hall–Kier alpha value is -2.75. The summed E-state index contributed by atoms with van der Waals surface area (Å²) >= 11 is 0. The summed E-state index contributed by atoms with van der Waals surface area (Å²) in [6, 6.07) is 11.1. The number of hydrogen-bond donors (Lipinski definition) is 1. The zero-order chi connectivity index (χ0) is 21.8. The number of hydrogen-bond acceptors (Lipinski definition) is 5. The van der Waals surface area contributed by atoms with Gasteiger partial charge in [0.15, 0.2) is 0 Å². The Balaban J connectivity index is 2.06. The highest BCUT2D eigenvalue weighted by Gasteiger charge is 2.22. The molecule has 2 aromatic rings. The number of likely N-dealkylation sites (N-methyl/N-ethyl adjacent to an activating group) is 1. The molecule has 8 nitrogen and oxygen atoms in total. The SMILES string of the molecule is CON(C)S(=O)(=O)c1ccc(C(=O)N(C)CC(=O)Nc2cccc(C)c2C)cc1. The van der Waals surface area contributed by atoms with Gasteiger partial charge in [-0.1, -0.05) is 16.6 Å². The van der Waals surface area contributed by atoms with Gasteiger partial charge in [0.05, 0.1) is 18.6 Å². The zero-order valence-electron chi connectivity index (χ0n) is 17.1. The van der Waals surface area contributed by atoms with Gasteiger partial charge >= 0.3 is 0 Å². The van der Waals surface area contributed by atoms with E-state index in [9.17, 15) is 18.0 Å². The Kier molecular flexibility index (Phi) is 7.12. The van der Waals surface area contributed by atoms with Gasteiger partial charge in [-0.3, -0.25) is 14.4 Å². The molecule has 2 aromatic carbocycles. The minimum atomic E-state index is -3.79. The largest absolute Gasteiger partial charge is 0.332 e. The van der Waals surface area contributed by atoms with E-state index < -0.39 is 15.9 Å². The minimum absolute atomic E-state index is 0.00582. The van der Waals surface area contributed by atoms with Crippen molar-refractivity contribution in [1.82, 2.24) is 9.37 Å².